The average molecular weight is 280 g/mol. The van der Waals surface area contributed by atoms with Gasteiger partial charge in [0.25, 0.3) is 0 Å². The van der Waals surface area contributed by atoms with Crippen molar-refractivity contribution < 1.29 is 9.59 Å². The van der Waals surface area contributed by atoms with Crippen molar-refractivity contribution in [3.63, 3.8) is 0 Å². The van der Waals surface area contributed by atoms with Gasteiger partial charge in [0.1, 0.15) is 24.7 Å². The summed E-state index contributed by atoms with van der Waals surface area (Å²) in [5.41, 5.74) is 5.36. The van der Waals surface area contributed by atoms with Crippen LogP contribution in [0.2, 0.25) is 0 Å². The molecular weight excluding hydrogens is 260 g/mol. The fourth-order valence-corrected chi connectivity index (χ4v) is 2.48. The topological polar surface area (TPSA) is 97.3 Å². The predicted molar refractivity (Wildman–Crippen MR) is 71.4 cm³/mol. The number of carbonyl (C=O) groups excluding carboxylic acids is 2. The number of nitrogens with zero attached hydrogens (tertiary/aromatic N) is 5. The first kappa shape index (κ1) is 14.4. The lowest BCUT2D eigenvalue weighted by molar-refractivity contribution is -0.141. The number of amides is 2. The number of likely N-dealkylation sites (N-methyl/N-ethyl adjacent to an activating group) is 1. The van der Waals surface area contributed by atoms with Gasteiger partial charge in [-0.1, -0.05) is 0 Å². The molecule has 0 spiro atoms. The summed E-state index contributed by atoms with van der Waals surface area (Å²) < 4.78 is 1.61. The molecule has 2 amide bonds. The molecule has 1 aromatic heterocycles. The first-order chi connectivity index (χ1) is 9.50. The fraction of sp³-hybridized carbons (Fsp3) is 0.667. The van der Waals surface area contributed by atoms with Gasteiger partial charge in [0.15, 0.2) is 0 Å². The van der Waals surface area contributed by atoms with E-state index in [1.807, 2.05) is 19.0 Å². The standard InChI is InChI=1S/C12H20N6O2/c1-16(2)10(6-17-8-14-7-15-17)12(20)18-5-3-4-9(18)11(13)19/h7-10H,3-6H2,1-2H3,(H2,13,19). The van der Waals surface area contributed by atoms with Crippen LogP contribution >= 0.6 is 0 Å². The summed E-state index contributed by atoms with van der Waals surface area (Å²) in [5.74, 6) is -0.527. The van der Waals surface area contributed by atoms with Gasteiger partial charge in [-0.05, 0) is 26.9 Å². The monoisotopic (exact) mass is 280 g/mol. The molecule has 1 saturated heterocycles. The van der Waals surface area contributed by atoms with Crippen LogP contribution in [0.1, 0.15) is 12.8 Å². The number of primary amides is 1. The molecule has 0 radical (unpaired) electrons. The number of rotatable bonds is 5. The van der Waals surface area contributed by atoms with Crippen molar-refractivity contribution >= 4 is 11.8 Å². The predicted octanol–water partition coefficient (Wildman–Crippen LogP) is -1.32. The molecule has 8 nitrogen and oxygen atoms in total. The van der Waals surface area contributed by atoms with Crippen LogP contribution in [0.5, 0.6) is 0 Å². The molecule has 2 atom stereocenters. The molecule has 0 saturated carbocycles. The van der Waals surface area contributed by atoms with Crippen molar-refractivity contribution in [3.8, 4) is 0 Å². The molecule has 0 bridgehead atoms. The summed E-state index contributed by atoms with van der Waals surface area (Å²) in [6.45, 7) is 0.974. The molecule has 0 aromatic carbocycles. The summed E-state index contributed by atoms with van der Waals surface area (Å²) in [6.07, 6.45) is 4.45. The summed E-state index contributed by atoms with van der Waals surface area (Å²) in [6, 6.07) is -0.877. The van der Waals surface area contributed by atoms with E-state index in [1.165, 1.54) is 6.33 Å². The zero-order valence-electron chi connectivity index (χ0n) is 11.8. The van der Waals surface area contributed by atoms with Gasteiger partial charge in [0, 0.05) is 6.54 Å². The van der Waals surface area contributed by atoms with Gasteiger partial charge in [-0.15, -0.1) is 0 Å². The Balaban J connectivity index is 2.12. The molecule has 1 aromatic rings. The Morgan fingerprint density at radius 1 is 1.50 bits per heavy atom. The molecule has 1 fully saturated rings. The van der Waals surface area contributed by atoms with Gasteiger partial charge in [-0.25, -0.2) is 4.98 Å². The maximum atomic E-state index is 12.6. The first-order valence-electron chi connectivity index (χ1n) is 6.59. The molecule has 8 heteroatoms. The third kappa shape index (κ3) is 2.96. The summed E-state index contributed by atoms with van der Waals surface area (Å²) in [4.78, 5) is 31.3. The number of carbonyl (C=O) groups is 2. The van der Waals surface area contributed by atoms with Gasteiger partial charge < -0.3 is 10.6 Å². The highest BCUT2D eigenvalue weighted by molar-refractivity contribution is 5.89. The van der Waals surface area contributed by atoms with Gasteiger partial charge in [0.05, 0.1) is 6.54 Å². The highest BCUT2D eigenvalue weighted by Crippen LogP contribution is 2.19. The second kappa shape index (κ2) is 6.00. The number of hydrogen-bond donors (Lipinski definition) is 1. The van der Waals surface area contributed by atoms with Crippen LogP contribution in [0.15, 0.2) is 12.7 Å². The Labute approximate surface area is 117 Å². The second-order valence-electron chi connectivity index (χ2n) is 5.19. The lowest BCUT2D eigenvalue weighted by Crippen LogP contribution is -2.52. The zero-order chi connectivity index (χ0) is 14.7. The quantitative estimate of drug-likeness (QED) is 0.722. The molecule has 1 aliphatic heterocycles. The number of aromatic nitrogens is 3. The Kier molecular flexibility index (Phi) is 4.33. The van der Waals surface area contributed by atoms with Crippen molar-refractivity contribution in [3.05, 3.63) is 12.7 Å². The van der Waals surface area contributed by atoms with Crippen molar-refractivity contribution in [2.45, 2.75) is 31.5 Å². The Bertz CT molecular complexity index is 472. The molecule has 2 N–H and O–H groups in total. The number of hydrogen-bond acceptors (Lipinski definition) is 5. The summed E-state index contributed by atoms with van der Waals surface area (Å²) in [7, 11) is 3.66. The largest absolute Gasteiger partial charge is 0.368 e. The van der Waals surface area contributed by atoms with E-state index < -0.39 is 18.0 Å². The smallest absolute Gasteiger partial charge is 0.242 e. The van der Waals surface area contributed by atoms with Crippen molar-refractivity contribution in [2.24, 2.45) is 5.73 Å². The molecule has 110 valence electrons. The van der Waals surface area contributed by atoms with E-state index in [0.29, 0.717) is 19.5 Å². The van der Waals surface area contributed by atoms with Crippen LogP contribution in [0, 0.1) is 0 Å². The Morgan fingerprint density at radius 2 is 2.25 bits per heavy atom. The van der Waals surface area contributed by atoms with E-state index in [-0.39, 0.29) is 5.91 Å². The highest BCUT2D eigenvalue weighted by Gasteiger charge is 2.36. The van der Waals surface area contributed by atoms with Crippen LogP contribution in [0.4, 0.5) is 0 Å². The maximum absolute atomic E-state index is 12.6. The maximum Gasteiger partial charge on any atom is 0.242 e. The van der Waals surface area contributed by atoms with Gasteiger partial charge >= 0.3 is 0 Å². The Morgan fingerprint density at radius 3 is 2.80 bits per heavy atom. The number of likely N-dealkylation sites (tertiary alicyclic amines) is 1. The minimum atomic E-state index is -0.485. The molecule has 0 aliphatic carbocycles. The van der Waals surface area contributed by atoms with Gasteiger partial charge in [-0.2, -0.15) is 5.10 Å². The number of nitrogens with two attached hydrogens (primary N) is 1. The zero-order valence-corrected chi connectivity index (χ0v) is 11.8. The van der Waals surface area contributed by atoms with E-state index in [9.17, 15) is 9.59 Å². The van der Waals surface area contributed by atoms with Crippen LogP contribution < -0.4 is 5.73 Å². The fourth-order valence-electron chi connectivity index (χ4n) is 2.48. The van der Waals surface area contributed by atoms with E-state index in [2.05, 4.69) is 10.1 Å². The van der Waals surface area contributed by atoms with Crippen LogP contribution in [-0.2, 0) is 16.1 Å². The van der Waals surface area contributed by atoms with Gasteiger partial charge in [0.2, 0.25) is 11.8 Å². The molecule has 20 heavy (non-hydrogen) atoms. The molecule has 2 unspecified atom stereocenters. The SMILES string of the molecule is CN(C)C(Cn1cncn1)C(=O)N1CCCC1C(N)=O. The van der Waals surface area contributed by atoms with E-state index in [0.717, 1.165) is 6.42 Å². The third-order valence-corrected chi connectivity index (χ3v) is 3.60. The van der Waals surface area contributed by atoms with Crippen molar-refractivity contribution in [1.82, 2.24) is 24.6 Å². The lowest BCUT2D eigenvalue weighted by Gasteiger charge is -2.30. The van der Waals surface area contributed by atoms with Gasteiger partial charge in [-0.3, -0.25) is 19.2 Å². The van der Waals surface area contributed by atoms with Crippen molar-refractivity contribution in [1.29, 1.82) is 0 Å². The average Bonchev–Trinajstić information content (AvgIpc) is 3.05. The van der Waals surface area contributed by atoms with E-state index >= 15 is 0 Å². The summed E-state index contributed by atoms with van der Waals surface area (Å²) in [5, 5.41) is 4.02. The molecule has 1 aliphatic rings. The Hall–Kier alpha value is -1.96. The second-order valence-corrected chi connectivity index (χ2v) is 5.19. The first-order valence-corrected chi connectivity index (χ1v) is 6.59. The molecule has 2 heterocycles. The lowest BCUT2D eigenvalue weighted by atomic mass is 10.1. The van der Waals surface area contributed by atoms with E-state index in [4.69, 9.17) is 5.73 Å². The molecular formula is C12H20N6O2. The highest BCUT2D eigenvalue weighted by atomic mass is 16.2. The van der Waals surface area contributed by atoms with Crippen LogP contribution in [0.25, 0.3) is 0 Å². The normalized spacial score (nSPS) is 20.4. The summed E-state index contributed by atoms with van der Waals surface area (Å²) >= 11 is 0. The van der Waals surface area contributed by atoms with Crippen LogP contribution in [-0.4, -0.2) is 69.1 Å². The minimum Gasteiger partial charge on any atom is -0.368 e. The minimum absolute atomic E-state index is 0.0909. The van der Waals surface area contributed by atoms with E-state index in [1.54, 1.807) is 15.9 Å². The third-order valence-electron chi connectivity index (χ3n) is 3.60. The van der Waals surface area contributed by atoms with Crippen LogP contribution in [0.3, 0.4) is 0 Å². The molecule has 2 rings (SSSR count). The van der Waals surface area contributed by atoms with Crippen molar-refractivity contribution in [2.75, 3.05) is 20.6 Å².